The molecule has 2 aromatic heterocycles. The molecule has 25 heavy (non-hydrogen) atoms. The number of anilines is 1. The highest BCUT2D eigenvalue weighted by atomic mass is 35.5. The molecular weight excluding hydrogens is 334 g/mol. The van der Waals surface area contributed by atoms with Gasteiger partial charge in [-0.05, 0) is 31.0 Å². The van der Waals surface area contributed by atoms with E-state index in [2.05, 4.69) is 5.32 Å². The fourth-order valence-electron chi connectivity index (χ4n) is 3.64. The van der Waals surface area contributed by atoms with Crippen LogP contribution in [0.1, 0.15) is 32.1 Å². The van der Waals surface area contributed by atoms with Crippen LogP contribution in [0.15, 0.2) is 42.5 Å². The molecule has 0 spiro atoms. The molecule has 1 aromatic carbocycles. The van der Waals surface area contributed by atoms with E-state index >= 15 is 0 Å². The molecule has 1 fully saturated rings. The van der Waals surface area contributed by atoms with Gasteiger partial charge in [0.1, 0.15) is 17.2 Å². The molecule has 5 heteroatoms. The van der Waals surface area contributed by atoms with Gasteiger partial charge in [0.05, 0.1) is 12.1 Å². The summed E-state index contributed by atoms with van der Waals surface area (Å²) in [4.78, 5) is 4.85. The molecule has 0 radical (unpaired) electrons. The van der Waals surface area contributed by atoms with E-state index in [0.29, 0.717) is 11.1 Å². The number of rotatable bonds is 4. The second-order valence-electron chi connectivity index (χ2n) is 6.53. The van der Waals surface area contributed by atoms with E-state index in [-0.39, 0.29) is 0 Å². The largest absolute Gasteiger partial charge is 0.482 e. The first-order valence-electron chi connectivity index (χ1n) is 8.85. The molecule has 4 nitrogen and oxygen atoms in total. The minimum atomic E-state index is 0.458. The topological polar surface area (TPSA) is 38.6 Å². The van der Waals surface area contributed by atoms with Crippen molar-refractivity contribution in [2.75, 3.05) is 12.4 Å². The summed E-state index contributed by atoms with van der Waals surface area (Å²) in [5.41, 5.74) is 2.67. The first-order chi connectivity index (χ1) is 12.3. The summed E-state index contributed by atoms with van der Waals surface area (Å²) in [5, 5.41) is 4.44. The monoisotopic (exact) mass is 355 g/mol. The fraction of sp³-hybridized carbons (Fsp3) is 0.350. The van der Waals surface area contributed by atoms with Crippen LogP contribution in [0.5, 0.6) is 5.88 Å². The van der Waals surface area contributed by atoms with Gasteiger partial charge in [0.15, 0.2) is 0 Å². The minimum absolute atomic E-state index is 0.458. The number of nitrogens with zero attached hydrogens (tertiary/aromatic N) is 2. The summed E-state index contributed by atoms with van der Waals surface area (Å²) in [6.45, 7) is 0. The minimum Gasteiger partial charge on any atom is -0.482 e. The van der Waals surface area contributed by atoms with Crippen molar-refractivity contribution < 1.29 is 4.74 Å². The van der Waals surface area contributed by atoms with Crippen molar-refractivity contribution in [3.8, 4) is 17.1 Å². The molecule has 1 aliphatic carbocycles. The van der Waals surface area contributed by atoms with Crippen LogP contribution in [0.4, 0.5) is 5.82 Å². The quantitative estimate of drug-likeness (QED) is 0.680. The maximum Gasteiger partial charge on any atom is 0.200 e. The Morgan fingerprint density at radius 3 is 2.64 bits per heavy atom. The zero-order valence-corrected chi connectivity index (χ0v) is 15.1. The number of halogens is 1. The molecule has 1 saturated carbocycles. The number of imidazole rings is 1. The van der Waals surface area contributed by atoms with Crippen molar-refractivity contribution in [3.63, 3.8) is 0 Å². The molecule has 3 aromatic rings. The highest BCUT2D eigenvalue weighted by Gasteiger charge is 2.22. The van der Waals surface area contributed by atoms with Crippen molar-refractivity contribution in [1.29, 1.82) is 0 Å². The van der Waals surface area contributed by atoms with Crippen LogP contribution in [0.3, 0.4) is 0 Å². The normalized spacial score (nSPS) is 15.4. The maximum absolute atomic E-state index is 6.47. The van der Waals surface area contributed by atoms with Gasteiger partial charge in [0, 0.05) is 11.6 Å². The number of benzene rings is 1. The lowest BCUT2D eigenvalue weighted by atomic mass is 9.95. The Bertz CT molecular complexity index is 884. The predicted octanol–water partition coefficient (Wildman–Crippen LogP) is 5.41. The second-order valence-corrected chi connectivity index (χ2v) is 6.94. The standard InChI is InChI=1S/C20H22ClN3O/c1-25-18-13-7-12-17-23-19(15-10-5-6-11-16(15)21)20(24(17)18)22-14-8-3-2-4-9-14/h5-7,10-14,22H,2-4,8-9H2,1H3. The number of hydrogen-bond acceptors (Lipinski definition) is 3. The van der Waals surface area contributed by atoms with E-state index in [0.717, 1.165) is 28.6 Å². The number of nitrogens with one attached hydrogen (secondary N) is 1. The molecule has 2 heterocycles. The van der Waals surface area contributed by atoms with E-state index in [4.69, 9.17) is 21.3 Å². The Morgan fingerprint density at radius 1 is 1.08 bits per heavy atom. The van der Waals surface area contributed by atoms with Gasteiger partial charge in [-0.1, -0.05) is 55.1 Å². The van der Waals surface area contributed by atoms with Gasteiger partial charge in [-0.3, -0.25) is 0 Å². The second kappa shape index (κ2) is 6.96. The highest BCUT2D eigenvalue weighted by molar-refractivity contribution is 6.33. The number of methoxy groups -OCH3 is 1. The lowest BCUT2D eigenvalue weighted by Gasteiger charge is -2.24. The van der Waals surface area contributed by atoms with Crippen molar-refractivity contribution in [2.24, 2.45) is 0 Å². The number of ether oxygens (including phenoxy) is 1. The van der Waals surface area contributed by atoms with Gasteiger partial charge in [-0.25, -0.2) is 9.38 Å². The van der Waals surface area contributed by atoms with Crippen molar-refractivity contribution >= 4 is 23.1 Å². The Kier molecular flexibility index (Phi) is 4.53. The molecule has 0 saturated heterocycles. The van der Waals surface area contributed by atoms with Crippen LogP contribution in [0.2, 0.25) is 5.02 Å². The number of pyridine rings is 1. The molecule has 4 rings (SSSR count). The molecule has 0 atom stereocenters. The lowest BCUT2D eigenvalue weighted by Crippen LogP contribution is -2.23. The van der Waals surface area contributed by atoms with E-state index in [1.807, 2.05) is 46.9 Å². The van der Waals surface area contributed by atoms with Gasteiger partial charge in [0.25, 0.3) is 0 Å². The highest BCUT2D eigenvalue weighted by Crippen LogP contribution is 2.36. The van der Waals surface area contributed by atoms with E-state index in [1.165, 1.54) is 32.1 Å². The average molecular weight is 356 g/mol. The Balaban J connectivity index is 1.89. The van der Waals surface area contributed by atoms with Crippen LogP contribution < -0.4 is 10.1 Å². The van der Waals surface area contributed by atoms with Crippen molar-refractivity contribution in [2.45, 2.75) is 38.1 Å². The molecule has 0 amide bonds. The molecule has 0 unspecified atom stereocenters. The third-order valence-corrected chi connectivity index (χ3v) is 5.22. The number of hydrogen-bond donors (Lipinski definition) is 1. The summed E-state index contributed by atoms with van der Waals surface area (Å²) >= 11 is 6.47. The van der Waals surface area contributed by atoms with Crippen LogP contribution in [0.25, 0.3) is 16.9 Å². The third kappa shape index (κ3) is 3.07. The van der Waals surface area contributed by atoms with Gasteiger partial charge < -0.3 is 10.1 Å². The van der Waals surface area contributed by atoms with E-state index < -0.39 is 0 Å². The van der Waals surface area contributed by atoms with Crippen LogP contribution in [-0.4, -0.2) is 22.5 Å². The zero-order valence-electron chi connectivity index (χ0n) is 14.3. The van der Waals surface area contributed by atoms with Gasteiger partial charge in [-0.15, -0.1) is 0 Å². The maximum atomic E-state index is 6.47. The molecule has 0 bridgehead atoms. The van der Waals surface area contributed by atoms with Crippen LogP contribution in [-0.2, 0) is 0 Å². The molecule has 1 aliphatic rings. The number of fused-ring (bicyclic) bond motifs is 1. The molecule has 130 valence electrons. The van der Waals surface area contributed by atoms with Crippen molar-refractivity contribution in [1.82, 2.24) is 9.38 Å². The Labute approximate surface area is 152 Å². The summed E-state index contributed by atoms with van der Waals surface area (Å²) < 4.78 is 7.64. The molecule has 0 aliphatic heterocycles. The van der Waals surface area contributed by atoms with Gasteiger partial charge >= 0.3 is 0 Å². The summed E-state index contributed by atoms with van der Waals surface area (Å²) in [5.74, 6) is 1.73. The lowest BCUT2D eigenvalue weighted by molar-refractivity contribution is 0.392. The van der Waals surface area contributed by atoms with E-state index in [1.54, 1.807) is 7.11 Å². The zero-order chi connectivity index (χ0) is 17.2. The first-order valence-corrected chi connectivity index (χ1v) is 9.22. The van der Waals surface area contributed by atoms with Crippen LogP contribution in [0, 0.1) is 0 Å². The van der Waals surface area contributed by atoms with Gasteiger partial charge in [0.2, 0.25) is 5.88 Å². The average Bonchev–Trinajstić information content (AvgIpc) is 3.01. The smallest absolute Gasteiger partial charge is 0.200 e. The summed E-state index contributed by atoms with van der Waals surface area (Å²) in [7, 11) is 1.69. The Hall–Kier alpha value is -2.20. The molecule has 1 N–H and O–H groups in total. The van der Waals surface area contributed by atoms with Gasteiger partial charge in [-0.2, -0.15) is 0 Å². The molecular formula is C20H22ClN3O. The SMILES string of the molecule is COc1cccc2nc(-c3ccccc3Cl)c(NC3CCCCC3)n12. The fourth-order valence-corrected chi connectivity index (χ4v) is 3.86. The van der Waals surface area contributed by atoms with E-state index in [9.17, 15) is 0 Å². The predicted molar refractivity (Wildman–Crippen MR) is 103 cm³/mol. The van der Waals surface area contributed by atoms with Crippen molar-refractivity contribution in [3.05, 3.63) is 47.5 Å². The first kappa shape index (κ1) is 16.3. The summed E-state index contributed by atoms with van der Waals surface area (Å²) in [6.07, 6.45) is 6.24. The number of aromatic nitrogens is 2. The third-order valence-electron chi connectivity index (χ3n) is 4.89. The Morgan fingerprint density at radius 2 is 1.88 bits per heavy atom. The summed E-state index contributed by atoms with van der Waals surface area (Å²) in [6, 6.07) is 14.2. The van der Waals surface area contributed by atoms with Crippen LogP contribution >= 0.6 is 11.6 Å².